The van der Waals surface area contributed by atoms with Crippen molar-refractivity contribution in [2.45, 2.75) is 13.3 Å². The van der Waals surface area contributed by atoms with E-state index in [1.807, 2.05) is 0 Å². The fraction of sp³-hybridized carbons (Fsp3) is 0.125. The van der Waals surface area contributed by atoms with E-state index in [1.54, 1.807) is 0 Å². The first-order valence-electron chi connectivity index (χ1n) is 5.71. The van der Waals surface area contributed by atoms with Crippen LogP contribution >= 0.6 is 0 Å². The maximum absolute atomic E-state index is 2.32. The third-order valence-electron chi connectivity index (χ3n) is 3.26. The van der Waals surface area contributed by atoms with Crippen molar-refractivity contribution < 1.29 is 0 Å². The Balaban J connectivity index is 2.24. The highest BCUT2D eigenvalue weighted by molar-refractivity contribution is 5.85. The van der Waals surface area contributed by atoms with Gasteiger partial charge in [0, 0.05) is 0 Å². The summed E-state index contributed by atoms with van der Waals surface area (Å²) in [6.07, 6.45) is 3.40. The lowest BCUT2D eigenvalue weighted by Gasteiger charge is -2.10. The normalized spacial score (nSPS) is 13.4. The van der Waals surface area contributed by atoms with Gasteiger partial charge in [-0.05, 0) is 41.2 Å². The van der Waals surface area contributed by atoms with Crippen molar-refractivity contribution in [1.29, 1.82) is 0 Å². The van der Waals surface area contributed by atoms with E-state index in [4.69, 9.17) is 0 Å². The Morgan fingerprint density at radius 2 is 1.69 bits per heavy atom. The Kier molecular flexibility index (Phi) is 2.14. The van der Waals surface area contributed by atoms with Crippen LogP contribution in [0.5, 0.6) is 0 Å². The number of allylic oxidation sites excluding steroid dienone is 2. The molecular formula is C16H14. The number of fused-ring (bicyclic) bond motifs is 1. The van der Waals surface area contributed by atoms with Crippen molar-refractivity contribution in [2.24, 2.45) is 0 Å². The lowest BCUT2D eigenvalue weighted by atomic mass is 9.94. The predicted octanol–water partition coefficient (Wildman–Crippen LogP) is 4.31. The monoisotopic (exact) mass is 206 g/mol. The number of hydrogen-bond acceptors (Lipinski definition) is 0. The molecule has 16 heavy (non-hydrogen) atoms. The molecule has 0 saturated carbocycles. The Labute approximate surface area is 96.3 Å². The van der Waals surface area contributed by atoms with Gasteiger partial charge in [0.05, 0.1) is 0 Å². The summed E-state index contributed by atoms with van der Waals surface area (Å²) in [5, 5.41) is 0. The smallest absolute Gasteiger partial charge is 0.00852 e. The van der Waals surface area contributed by atoms with Gasteiger partial charge < -0.3 is 0 Å². The molecule has 0 unspecified atom stereocenters. The molecule has 0 nitrogen and oxygen atoms in total. The maximum Gasteiger partial charge on any atom is -0.00852 e. The lowest BCUT2D eigenvalue weighted by molar-refractivity contribution is 1.31. The molecule has 78 valence electrons. The third kappa shape index (κ3) is 1.38. The van der Waals surface area contributed by atoms with E-state index in [2.05, 4.69) is 61.5 Å². The molecule has 0 amide bonds. The number of hydrogen-bond donors (Lipinski definition) is 0. The van der Waals surface area contributed by atoms with E-state index < -0.39 is 0 Å². The van der Waals surface area contributed by atoms with Crippen molar-refractivity contribution in [3.05, 3.63) is 65.7 Å². The molecule has 0 heteroatoms. The summed E-state index contributed by atoms with van der Waals surface area (Å²) in [6, 6.07) is 17.2. The van der Waals surface area contributed by atoms with Crippen molar-refractivity contribution in [3.8, 4) is 11.1 Å². The largest absolute Gasteiger partial charge is 0.0765 e. The summed E-state index contributed by atoms with van der Waals surface area (Å²) in [7, 11) is 0. The SMILES string of the molecule is CC1=CCc2cccc(-c3ccccc3)c21. The molecule has 3 rings (SSSR count). The van der Waals surface area contributed by atoms with E-state index >= 15 is 0 Å². The van der Waals surface area contributed by atoms with Gasteiger partial charge in [0.1, 0.15) is 0 Å². The molecule has 0 aliphatic heterocycles. The van der Waals surface area contributed by atoms with Crippen molar-refractivity contribution in [3.63, 3.8) is 0 Å². The second kappa shape index (κ2) is 3.64. The van der Waals surface area contributed by atoms with Gasteiger partial charge in [-0.25, -0.2) is 0 Å². The van der Waals surface area contributed by atoms with Crippen LogP contribution in [0.4, 0.5) is 0 Å². The molecule has 0 spiro atoms. The Morgan fingerprint density at radius 1 is 0.875 bits per heavy atom. The topological polar surface area (TPSA) is 0 Å². The summed E-state index contributed by atoms with van der Waals surface area (Å²) in [5.41, 5.74) is 6.99. The summed E-state index contributed by atoms with van der Waals surface area (Å²) in [4.78, 5) is 0. The van der Waals surface area contributed by atoms with Crippen LogP contribution < -0.4 is 0 Å². The van der Waals surface area contributed by atoms with Crippen LogP contribution in [-0.2, 0) is 6.42 Å². The zero-order valence-electron chi connectivity index (χ0n) is 9.40. The molecule has 0 fully saturated rings. The minimum Gasteiger partial charge on any atom is -0.0765 e. The fourth-order valence-electron chi connectivity index (χ4n) is 2.46. The summed E-state index contributed by atoms with van der Waals surface area (Å²) < 4.78 is 0. The van der Waals surface area contributed by atoms with Crippen LogP contribution in [0.1, 0.15) is 18.1 Å². The molecule has 0 bridgehead atoms. The van der Waals surface area contributed by atoms with E-state index in [1.165, 1.54) is 27.8 Å². The van der Waals surface area contributed by atoms with Gasteiger partial charge >= 0.3 is 0 Å². The molecule has 1 aliphatic carbocycles. The summed E-state index contributed by atoms with van der Waals surface area (Å²) >= 11 is 0. The summed E-state index contributed by atoms with van der Waals surface area (Å²) in [5.74, 6) is 0. The van der Waals surface area contributed by atoms with Crippen LogP contribution in [0.2, 0.25) is 0 Å². The molecule has 0 N–H and O–H groups in total. The zero-order valence-corrected chi connectivity index (χ0v) is 9.40. The van der Waals surface area contributed by atoms with Gasteiger partial charge in [-0.3, -0.25) is 0 Å². The van der Waals surface area contributed by atoms with Gasteiger partial charge in [0.25, 0.3) is 0 Å². The highest BCUT2D eigenvalue weighted by Gasteiger charge is 2.14. The van der Waals surface area contributed by atoms with Gasteiger partial charge in [-0.15, -0.1) is 0 Å². The first-order chi connectivity index (χ1) is 7.86. The van der Waals surface area contributed by atoms with E-state index in [9.17, 15) is 0 Å². The predicted molar refractivity (Wildman–Crippen MR) is 69.2 cm³/mol. The molecule has 2 aromatic carbocycles. The standard InChI is InChI=1S/C16H14/c1-12-10-11-14-8-5-9-15(16(12)14)13-6-3-2-4-7-13/h2-10H,11H2,1H3. The Hall–Kier alpha value is -1.82. The first kappa shape index (κ1) is 9.41. The zero-order chi connectivity index (χ0) is 11.0. The molecule has 0 radical (unpaired) electrons. The van der Waals surface area contributed by atoms with E-state index in [0.29, 0.717) is 0 Å². The first-order valence-corrected chi connectivity index (χ1v) is 5.71. The van der Waals surface area contributed by atoms with E-state index in [0.717, 1.165) is 6.42 Å². The van der Waals surface area contributed by atoms with Crippen LogP contribution in [0, 0.1) is 0 Å². The van der Waals surface area contributed by atoms with Gasteiger partial charge in [-0.2, -0.15) is 0 Å². The number of rotatable bonds is 1. The van der Waals surface area contributed by atoms with Crippen molar-refractivity contribution in [1.82, 2.24) is 0 Å². The maximum atomic E-state index is 2.32. The molecule has 0 saturated heterocycles. The average Bonchev–Trinajstić information content (AvgIpc) is 2.73. The van der Waals surface area contributed by atoms with Crippen LogP contribution in [0.15, 0.2) is 54.6 Å². The van der Waals surface area contributed by atoms with Crippen molar-refractivity contribution >= 4 is 5.57 Å². The quantitative estimate of drug-likeness (QED) is 0.652. The second-order valence-corrected chi connectivity index (χ2v) is 4.30. The molecule has 0 atom stereocenters. The fourth-order valence-corrected chi connectivity index (χ4v) is 2.46. The average molecular weight is 206 g/mol. The van der Waals surface area contributed by atoms with E-state index in [-0.39, 0.29) is 0 Å². The molecule has 0 aromatic heterocycles. The molecule has 1 aliphatic rings. The van der Waals surface area contributed by atoms with Gasteiger partial charge in [0.2, 0.25) is 0 Å². The Bertz CT molecular complexity index is 548. The minimum absolute atomic E-state index is 1.09. The third-order valence-corrected chi connectivity index (χ3v) is 3.26. The van der Waals surface area contributed by atoms with Crippen LogP contribution in [0.25, 0.3) is 16.7 Å². The number of benzene rings is 2. The Morgan fingerprint density at radius 3 is 2.50 bits per heavy atom. The van der Waals surface area contributed by atoms with Crippen LogP contribution in [0.3, 0.4) is 0 Å². The minimum atomic E-state index is 1.09. The highest BCUT2D eigenvalue weighted by Crippen LogP contribution is 2.35. The van der Waals surface area contributed by atoms with Crippen LogP contribution in [-0.4, -0.2) is 0 Å². The lowest BCUT2D eigenvalue weighted by Crippen LogP contribution is -1.88. The highest BCUT2D eigenvalue weighted by atomic mass is 14.2. The second-order valence-electron chi connectivity index (χ2n) is 4.30. The summed E-state index contributed by atoms with van der Waals surface area (Å²) in [6.45, 7) is 2.21. The van der Waals surface area contributed by atoms with Gasteiger partial charge in [-0.1, -0.05) is 54.6 Å². The molecule has 2 aromatic rings. The van der Waals surface area contributed by atoms with Gasteiger partial charge in [0.15, 0.2) is 0 Å². The molecule has 0 heterocycles. The van der Waals surface area contributed by atoms with Crippen molar-refractivity contribution in [2.75, 3.05) is 0 Å². The molecular weight excluding hydrogens is 192 g/mol.